The van der Waals surface area contributed by atoms with Crippen LogP contribution in [-0.4, -0.2) is 35.8 Å². The van der Waals surface area contributed by atoms with Crippen LogP contribution in [0.4, 0.5) is 0 Å². The lowest BCUT2D eigenvalue weighted by atomic mass is 9.84. The number of rotatable bonds is 1. The van der Waals surface area contributed by atoms with Crippen LogP contribution >= 0.6 is 0 Å². The van der Waals surface area contributed by atoms with E-state index in [1.807, 2.05) is 20.8 Å². The van der Waals surface area contributed by atoms with Crippen molar-refractivity contribution in [2.45, 2.75) is 47.6 Å². The van der Waals surface area contributed by atoms with Crippen LogP contribution < -0.4 is 5.32 Å². The maximum Gasteiger partial charge on any atom is 0.246 e. The molecule has 0 spiro atoms. The molecule has 1 N–H and O–H groups in total. The van der Waals surface area contributed by atoms with Gasteiger partial charge in [-0.1, -0.05) is 41.5 Å². The highest BCUT2D eigenvalue weighted by Gasteiger charge is 2.40. The molecule has 0 aromatic rings. The number of piperazine rings is 1. The predicted molar refractivity (Wildman–Crippen MR) is 67.4 cm³/mol. The number of amides is 2. The van der Waals surface area contributed by atoms with Gasteiger partial charge in [0.15, 0.2) is 0 Å². The van der Waals surface area contributed by atoms with Gasteiger partial charge in [0.2, 0.25) is 11.8 Å². The van der Waals surface area contributed by atoms with Gasteiger partial charge in [0.25, 0.3) is 0 Å². The van der Waals surface area contributed by atoms with E-state index in [9.17, 15) is 9.59 Å². The molecule has 17 heavy (non-hydrogen) atoms. The van der Waals surface area contributed by atoms with Crippen LogP contribution in [0.15, 0.2) is 0 Å². The van der Waals surface area contributed by atoms with Crippen molar-refractivity contribution in [2.75, 3.05) is 13.1 Å². The molecule has 1 atom stereocenters. The zero-order valence-corrected chi connectivity index (χ0v) is 11.8. The monoisotopic (exact) mass is 240 g/mol. The molecule has 1 unspecified atom stereocenters. The first-order valence-corrected chi connectivity index (χ1v) is 6.09. The standard InChI is InChI=1S/C13H24N2O2/c1-12(2,3)8-15-7-9(16)14-10(11(15)17)13(4,5)6/h10H,7-8H2,1-6H3,(H,14,16). The second kappa shape index (κ2) is 4.31. The first-order chi connectivity index (χ1) is 7.50. The van der Waals surface area contributed by atoms with E-state index in [-0.39, 0.29) is 29.2 Å². The number of hydrogen-bond donors (Lipinski definition) is 1. The molecule has 1 fully saturated rings. The maximum atomic E-state index is 12.3. The van der Waals surface area contributed by atoms with E-state index in [1.165, 1.54) is 0 Å². The van der Waals surface area contributed by atoms with Crippen molar-refractivity contribution < 1.29 is 9.59 Å². The Hall–Kier alpha value is -1.06. The number of carbonyl (C=O) groups excluding carboxylic acids is 2. The van der Waals surface area contributed by atoms with Crippen LogP contribution in [-0.2, 0) is 9.59 Å². The zero-order valence-electron chi connectivity index (χ0n) is 11.8. The number of nitrogens with zero attached hydrogens (tertiary/aromatic N) is 1. The number of nitrogens with one attached hydrogen (secondary N) is 1. The molecule has 0 saturated carbocycles. The molecule has 2 amide bonds. The predicted octanol–water partition coefficient (Wildman–Crippen LogP) is 1.41. The van der Waals surface area contributed by atoms with Gasteiger partial charge in [0, 0.05) is 6.54 Å². The van der Waals surface area contributed by atoms with Crippen molar-refractivity contribution in [1.82, 2.24) is 10.2 Å². The van der Waals surface area contributed by atoms with Crippen LogP contribution in [0.3, 0.4) is 0 Å². The quantitative estimate of drug-likeness (QED) is 0.753. The van der Waals surface area contributed by atoms with E-state index >= 15 is 0 Å². The van der Waals surface area contributed by atoms with E-state index in [0.29, 0.717) is 6.54 Å². The third-order valence-corrected chi connectivity index (χ3v) is 2.73. The second-order valence-electron chi connectivity index (χ2n) is 7.12. The number of carbonyl (C=O) groups is 2. The molecular formula is C13H24N2O2. The fourth-order valence-corrected chi connectivity index (χ4v) is 2.00. The summed E-state index contributed by atoms with van der Waals surface area (Å²) >= 11 is 0. The molecule has 1 heterocycles. The van der Waals surface area contributed by atoms with Crippen molar-refractivity contribution in [3.8, 4) is 0 Å². The van der Waals surface area contributed by atoms with Crippen molar-refractivity contribution in [3.05, 3.63) is 0 Å². The van der Waals surface area contributed by atoms with Crippen molar-refractivity contribution in [3.63, 3.8) is 0 Å². The molecule has 98 valence electrons. The SMILES string of the molecule is CC(C)(C)CN1CC(=O)NC(C(C)(C)C)C1=O. The Morgan fingerprint density at radius 3 is 2.12 bits per heavy atom. The smallest absolute Gasteiger partial charge is 0.246 e. The first-order valence-electron chi connectivity index (χ1n) is 6.09. The average molecular weight is 240 g/mol. The Bertz CT molecular complexity index is 323. The average Bonchev–Trinajstić information content (AvgIpc) is 2.06. The summed E-state index contributed by atoms with van der Waals surface area (Å²) in [7, 11) is 0. The minimum atomic E-state index is -0.411. The van der Waals surface area contributed by atoms with E-state index in [2.05, 4.69) is 26.1 Å². The molecule has 0 bridgehead atoms. The Labute approximate surface area is 104 Å². The van der Waals surface area contributed by atoms with Gasteiger partial charge in [0.1, 0.15) is 6.04 Å². The normalized spacial score (nSPS) is 22.7. The maximum absolute atomic E-state index is 12.3. The largest absolute Gasteiger partial charge is 0.342 e. The van der Waals surface area contributed by atoms with E-state index in [1.54, 1.807) is 4.90 Å². The Morgan fingerprint density at radius 1 is 1.18 bits per heavy atom. The summed E-state index contributed by atoms with van der Waals surface area (Å²) in [6, 6.07) is -0.411. The Balaban J connectivity index is 2.87. The van der Waals surface area contributed by atoms with Crippen LogP contribution in [0.5, 0.6) is 0 Å². The molecular weight excluding hydrogens is 216 g/mol. The summed E-state index contributed by atoms with van der Waals surface area (Å²) in [4.78, 5) is 25.6. The lowest BCUT2D eigenvalue weighted by Crippen LogP contribution is -2.63. The van der Waals surface area contributed by atoms with Crippen molar-refractivity contribution >= 4 is 11.8 Å². The molecule has 4 heteroatoms. The molecule has 0 aromatic carbocycles. The van der Waals surface area contributed by atoms with Gasteiger partial charge in [0.05, 0.1) is 6.54 Å². The van der Waals surface area contributed by atoms with Gasteiger partial charge in [-0.05, 0) is 10.8 Å². The topological polar surface area (TPSA) is 49.4 Å². The van der Waals surface area contributed by atoms with Crippen molar-refractivity contribution in [1.29, 1.82) is 0 Å². The summed E-state index contributed by atoms with van der Waals surface area (Å²) in [6.07, 6.45) is 0. The highest BCUT2D eigenvalue weighted by Crippen LogP contribution is 2.25. The number of hydrogen-bond acceptors (Lipinski definition) is 2. The molecule has 0 aromatic heterocycles. The summed E-state index contributed by atoms with van der Waals surface area (Å²) in [5, 5.41) is 2.79. The first kappa shape index (κ1) is 14.0. The van der Waals surface area contributed by atoms with Crippen LogP contribution in [0.1, 0.15) is 41.5 Å². The van der Waals surface area contributed by atoms with Crippen molar-refractivity contribution in [2.24, 2.45) is 10.8 Å². The third kappa shape index (κ3) is 3.72. The molecule has 1 aliphatic rings. The van der Waals surface area contributed by atoms with Gasteiger partial charge in [-0.25, -0.2) is 0 Å². The van der Waals surface area contributed by atoms with Crippen LogP contribution in [0.2, 0.25) is 0 Å². The fraction of sp³-hybridized carbons (Fsp3) is 0.846. The van der Waals surface area contributed by atoms with Gasteiger partial charge >= 0.3 is 0 Å². The van der Waals surface area contributed by atoms with E-state index in [4.69, 9.17) is 0 Å². The van der Waals surface area contributed by atoms with Gasteiger partial charge in [-0.2, -0.15) is 0 Å². The minimum Gasteiger partial charge on any atom is -0.342 e. The third-order valence-electron chi connectivity index (χ3n) is 2.73. The summed E-state index contributed by atoms with van der Waals surface area (Å²) in [6.45, 7) is 12.9. The molecule has 4 nitrogen and oxygen atoms in total. The van der Waals surface area contributed by atoms with Crippen LogP contribution in [0, 0.1) is 10.8 Å². The molecule has 0 radical (unpaired) electrons. The fourth-order valence-electron chi connectivity index (χ4n) is 2.00. The minimum absolute atomic E-state index is 0.00964. The van der Waals surface area contributed by atoms with Gasteiger partial charge < -0.3 is 10.2 Å². The summed E-state index contributed by atoms with van der Waals surface area (Å²) in [5.74, 6) is -0.0270. The van der Waals surface area contributed by atoms with Crippen LogP contribution in [0.25, 0.3) is 0 Å². The Morgan fingerprint density at radius 2 is 1.71 bits per heavy atom. The highest BCUT2D eigenvalue weighted by atomic mass is 16.2. The zero-order chi connectivity index (χ0) is 13.4. The molecule has 1 rings (SSSR count). The lowest BCUT2D eigenvalue weighted by Gasteiger charge is -2.41. The Kier molecular flexibility index (Phi) is 3.55. The highest BCUT2D eigenvalue weighted by molar-refractivity contribution is 5.95. The van der Waals surface area contributed by atoms with Gasteiger partial charge in [-0.15, -0.1) is 0 Å². The molecule has 1 aliphatic heterocycles. The molecule has 1 saturated heterocycles. The molecule has 0 aliphatic carbocycles. The summed E-state index contributed by atoms with van der Waals surface area (Å²) < 4.78 is 0. The van der Waals surface area contributed by atoms with E-state index < -0.39 is 6.04 Å². The van der Waals surface area contributed by atoms with E-state index in [0.717, 1.165) is 0 Å². The second-order valence-corrected chi connectivity index (χ2v) is 7.12. The van der Waals surface area contributed by atoms with Gasteiger partial charge in [-0.3, -0.25) is 9.59 Å². The summed E-state index contributed by atoms with van der Waals surface area (Å²) in [5.41, 5.74) is -0.237. The lowest BCUT2D eigenvalue weighted by molar-refractivity contribution is -0.148.